The second-order valence-corrected chi connectivity index (χ2v) is 5.31. The van der Waals surface area contributed by atoms with Crippen molar-refractivity contribution in [1.29, 1.82) is 0 Å². The van der Waals surface area contributed by atoms with Crippen molar-refractivity contribution in [2.45, 2.75) is 19.1 Å². The van der Waals surface area contributed by atoms with Crippen LogP contribution in [-0.4, -0.2) is 19.6 Å². The molecule has 2 aromatic carbocycles. The number of anilines is 1. The smallest absolute Gasteiger partial charge is 0.418 e. The van der Waals surface area contributed by atoms with E-state index >= 15 is 0 Å². The Morgan fingerprint density at radius 3 is 2.48 bits per heavy atom. The minimum Gasteiger partial charge on any atom is -0.496 e. The number of benzene rings is 2. The predicted octanol–water partition coefficient (Wildman–Crippen LogP) is 3.83. The molecule has 25 heavy (non-hydrogen) atoms. The number of nitrogens with one attached hydrogen (secondary N) is 2. The van der Waals surface area contributed by atoms with Crippen molar-refractivity contribution < 1.29 is 22.7 Å². The highest BCUT2D eigenvalue weighted by atomic mass is 19.4. The van der Waals surface area contributed by atoms with Crippen molar-refractivity contribution in [3.63, 3.8) is 0 Å². The van der Waals surface area contributed by atoms with Crippen LogP contribution in [0.25, 0.3) is 0 Å². The minimum absolute atomic E-state index is 0.0347. The molecule has 2 rings (SSSR count). The van der Waals surface area contributed by atoms with Crippen LogP contribution in [0, 0.1) is 0 Å². The summed E-state index contributed by atoms with van der Waals surface area (Å²) in [4.78, 5) is 11.9. The molecular weight excluding hydrogens is 333 g/mol. The van der Waals surface area contributed by atoms with Gasteiger partial charge in [-0.1, -0.05) is 30.3 Å². The van der Waals surface area contributed by atoms with Gasteiger partial charge in [0.25, 0.3) is 0 Å². The van der Waals surface area contributed by atoms with Gasteiger partial charge in [0.1, 0.15) is 5.75 Å². The molecule has 0 saturated heterocycles. The van der Waals surface area contributed by atoms with Crippen molar-refractivity contribution >= 4 is 11.6 Å². The predicted molar refractivity (Wildman–Crippen MR) is 89.4 cm³/mol. The molecule has 0 aliphatic carbocycles. The zero-order valence-corrected chi connectivity index (χ0v) is 13.7. The lowest BCUT2D eigenvalue weighted by Gasteiger charge is -2.14. The summed E-state index contributed by atoms with van der Waals surface area (Å²) in [6.45, 7) is 0.396. The maximum absolute atomic E-state index is 12.9. The van der Waals surface area contributed by atoms with E-state index in [-0.39, 0.29) is 24.6 Å². The first-order valence-corrected chi connectivity index (χ1v) is 7.70. The van der Waals surface area contributed by atoms with Crippen LogP contribution in [-0.2, 0) is 17.5 Å². The number of carbonyl (C=O) groups is 1. The van der Waals surface area contributed by atoms with E-state index in [1.807, 2.05) is 18.2 Å². The van der Waals surface area contributed by atoms with Crippen LogP contribution in [0.5, 0.6) is 5.75 Å². The number of methoxy groups -OCH3 is 1. The molecule has 1 amide bonds. The molecule has 0 heterocycles. The summed E-state index contributed by atoms with van der Waals surface area (Å²) in [5.74, 6) is 0.405. The van der Waals surface area contributed by atoms with Gasteiger partial charge in [-0.05, 0) is 18.2 Å². The summed E-state index contributed by atoms with van der Waals surface area (Å²) in [6, 6.07) is 12.5. The fourth-order valence-electron chi connectivity index (χ4n) is 2.33. The SMILES string of the molecule is COc1ccccc1CNC(=O)CCNc1ccccc1C(F)(F)F. The lowest BCUT2D eigenvalue weighted by atomic mass is 10.1. The van der Waals surface area contributed by atoms with Gasteiger partial charge in [-0.25, -0.2) is 0 Å². The van der Waals surface area contributed by atoms with Gasteiger partial charge in [-0.2, -0.15) is 13.2 Å². The molecule has 2 aromatic rings. The number of halogens is 3. The molecule has 0 atom stereocenters. The standard InChI is InChI=1S/C18H19F3N2O2/c1-25-16-9-5-2-6-13(16)12-23-17(24)10-11-22-15-8-4-3-7-14(15)18(19,20)21/h2-9,22H,10-12H2,1H3,(H,23,24). The Morgan fingerprint density at radius 2 is 1.76 bits per heavy atom. The molecule has 0 spiro atoms. The summed E-state index contributed by atoms with van der Waals surface area (Å²) in [5.41, 5.74) is 0.0469. The van der Waals surface area contributed by atoms with Crippen LogP contribution in [0.4, 0.5) is 18.9 Å². The molecule has 0 aliphatic heterocycles. The Morgan fingerprint density at radius 1 is 1.08 bits per heavy atom. The molecule has 0 radical (unpaired) electrons. The van der Waals surface area contributed by atoms with Crippen molar-refractivity contribution in [3.05, 3.63) is 59.7 Å². The van der Waals surface area contributed by atoms with Gasteiger partial charge in [0, 0.05) is 30.8 Å². The minimum atomic E-state index is -4.43. The summed E-state index contributed by atoms with van der Waals surface area (Å²) in [6.07, 6.45) is -4.38. The Kier molecular flexibility index (Phi) is 6.27. The third-order valence-corrected chi connectivity index (χ3v) is 3.57. The van der Waals surface area contributed by atoms with Crippen LogP contribution in [0.15, 0.2) is 48.5 Å². The zero-order chi connectivity index (χ0) is 18.3. The molecule has 0 aliphatic rings. The monoisotopic (exact) mass is 352 g/mol. The van der Waals surface area contributed by atoms with Crippen molar-refractivity contribution in [3.8, 4) is 5.75 Å². The third-order valence-electron chi connectivity index (χ3n) is 3.57. The van der Waals surface area contributed by atoms with Gasteiger partial charge < -0.3 is 15.4 Å². The summed E-state index contributed by atoms with van der Waals surface area (Å²) in [5, 5.41) is 5.39. The lowest BCUT2D eigenvalue weighted by molar-refractivity contribution is -0.137. The summed E-state index contributed by atoms with van der Waals surface area (Å²) < 4.78 is 43.8. The molecule has 4 nitrogen and oxygen atoms in total. The largest absolute Gasteiger partial charge is 0.496 e. The van der Waals surface area contributed by atoms with Gasteiger partial charge in [-0.15, -0.1) is 0 Å². The molecular formula is C18H19F3N2O2. The van der Waals surface area contributed by atoms with E-state index in [1.54, 1.807) is 13.2 Å². The quantitative estimate of drug-likeness (QED) is 0.796. The lowest BCUT2D eigenvalue weighted by Crippen LogP contribution is -2.25. The maximum Gasteiger partial charge on any atom is 0.418 e. The van der Waals surface area contributed by atoms with Crippen LogP contribution in [0.3, 0.4) is 0 Å². The Hall–Kier alpha value is -2.70. The number of ether oxygens (including phenoxy) is 1. The number of hydrogen-bond donors (Lipinski definition) is 2. The van der Waals surface area contributed by atoms with E-state index in [0.717, 1.165) is 11.6 Å². The molecule has 0 saturated carbocycles. The molecule has 7 heteroatoms. The molecule has 134 valence electrons. The first kappa shape index (κ1) is 18.6. The number of hydrogen-bond acceptors (Lipinski definition) is 3. The normalized spacial score (nSPS) is 11.0. The van der Waals surface area contributed by atoms with Crippen LogP contribution in [0.1, 0.15) is 17.5 Å². The number of rotatable bonds is 7. The number of amides is 1. The summed E-state index contributed by atoms with van der Waals surface area (Å²) in [7, 11) is 1.54. The third kappa shape index (κ3) is 5.41. The van der Waals surface area contributed by atoms with Crippen LogP contribution < -0.4 is 15.4 Å². The Balaban J connectivity index is 1.83. The first-order valence-electron chi connectivity index (χ1n) is 7.70. The van der Waals surface area contributed by atoms with E-state index < -0.39 is 11.7 Å². The molecule has 0 fully saturated rings. The van der Waals surface area contributed by atoms with E-state index in [4.69, 9.17) is 4.74 Å². The maximum atomic E-state index is 12.9. The molecule has 0 unspecified atom stereocenters. The van der Waals surface area contributed by atoms with Gasteiger partial charge in [-0.3, -0.25) is 4.79 Å². The van der Waals surface area contributed by atoms with Crippen molar-refractivity contribution in [2.75, 3.05) is 19.0 Å². The summed E-state index contributed by atoms with van der Waals surface area (Å²) >= 11 is 0. The van der Waals surface area contributed by atoms with Gasteiger partial charge >= 0.3 is 6.18 Å². The zero-order valence-electron chi connectivity index (χ0n) is 13.7. The number of para-hydroxylation sites is 2. The second kappa shape index (κ2) is 8.41. The van der Waals surface area contributed by atoms with Gasteiger partial charge in [0.2, 0.25) is 5.91 Å². The van der Waals surface area contributed by atoms with E-state index in [9.17, 15) is 18.0 Å². The number of carbonyl (C=O) groups excluding carboxylic acids is 1. The fraction of sp³-hybridized carbons (Fsp3) is 0.278. The van der Waals surface area contributed by atoms with Crippen LogP contribution in [0.2, 0.25) is 0 Å². The van der Waals surface area contributed by atoms with Crippen molar-refractivity contribution in [1.82, 2.24) is 5.32 Å². The first-order chi connectivity index (χ1) is 11.9. The van der Waals surface area contributed by atoms with Gasteiger partial charge in [0.15, 0.2) is 0 Å². The van der Waals surface area contributed by atoms with E-state index in [2.05, 4.69) is 10.6 Å². The highest BCUT2D eigenvalue weighted by Crippen LogP contribution is 2.34. The highest BCUT2D eigenvalue weighted by molar-refractivity contribution is 5.76. The molecule has 2 N–H and O–H groups in total. The molecule has 0 bridgehead atoms. The average Bonchev–Trinajstić information content (AvgIpc) is 2.59. The fourth-order valence-corrected chi connectivity index (χ4v) is 2.33. The van der Waals surface area contributed by atoms with E-state index in [0.29, 0.717) is 12.3 Å². The number of alkyl halides is 3. The average molecular weight is 352 g/mol. The second-order valence-electron chi connectivity index (χ2n) is 5.31. The Bertz CT molecular complexity index is 717. The van der Waals surface area contributed by atoms with E-state index in [1.165, 1.54) is 18.2 Å². The Labute approximate surface area is 144 Å². The topological polar surface area (TPSA) is 50.4 Å². The highest BCUT2D eigenvalue weighted by Gasteiger charge is 2.32. The van der Waals surface area contributed by atoms with Crippen molar-refractivity contribution in [2.24, 2.45) is 0 Å². The molecule has 0 aromatic heterocycles. The van der Waals surface area contributed by atoms with Crippen LogP contribution >= 0.6 is 0 Å². The van der Waals surface area contributed by atoms with Gasteiger partial charge in [0.05, 0.1) is 12.7 Å².